The molecule has 1 fully saturated rings. The second kappa shape index (κ2) is 7.48. The summed E-state index contributed by atoms with van der Waals surface area (Å²) in [6, 6.07) is 0.495. The summed E-state index contributed by atoms with van der Waals surface area (Å²) in [6.45, 7) is 7.31. The van der Waals surface area contributed by atoms with Gasteiger partial charge >= 0.3 is 0 Å². The van der Waals surface area contributed by atoms with Crippen LogP contribution in [0.3, 0.4) is 0 Å². The van der Waals surface area contributed by atoms with E-state index in [9.17, 15) is 9.59 Å². The van der Waals surface area contributed by atoms with Crippen LogP contribution in [0.5, 0.6) is 0 Å². The van der Waals surface area contributed by atoms with Crippen molar-refractivity contribution in [2.75, 3.05) is 13.1 Å². The molecular weight excluding hydrogens is 242 g/mol. The molecule has 1 saturated heterocycles. The molecule has 1 aliphatic heterocycles. The minimum Gasteiger partial charge on any atom is -0.356 e. The van der Waals surface area contributed by atoms with E-state index in [4.69, 9.17) is 0 Å². The molecule has 0 aromatic heterocycles. The van der Waals surface area contributed by atoms with Crippen molar-refractivity contribution in [1.82, 2.24) is 16.0 Å². The summed E-state index contributed by atoms with van der Waals surface area (Å²) in [5, 5.41) is 9.03. The molecular formula is C14H27N3O2. The van der Waals surface area contributed by atoms with Crippen LogP contribution >= 0.6 is 0 Å². The summed E-state index contributed by atoms with van der Waals surface area (Å²) in [4.78, 5) is 23.1. The van der Waals surface area contributed by atoms with Gasteiger partial charge in [0.15, 0.2) is 0 Å². The second-order valence-electron chi connectivity index (χ2n) is 6.23. The Labute approximate surface area is 115 Å². The Bertz CT molecular complexity index is 304. The molecule has 1 rings (SSSR count). The lowest BCUT2D eigenvalue weighted by molar-refractivity contribution is -0.123. The first-order chi connectivity index (χ1) is 8.87. The van der Waals surface area contributed by atoms with E-state index < -0.39 is 0 Å². The molecule has 19 heavy (non-hydrogen) atoms. The number of nitrogens with one attached hydrogen (secondary N) is 3. The lowest BCUT2D eigenvalue weighted by Crippen LogP contribution is -2.42. The van der Waals surface area contributed by atoms with Gasteiger partial charge in [0.1, 0.15) is 0 Å². The Balaban J connectivity index is 2.04. The highest BCUT2D eigenvalue weighted by Crippen LogP contribution is 2.10. The van der Waals surface area contributed by atoms with E-state index in [-0.39, 0.29) is 17.4 Å². The minimum absolute atomic E-state index is 0.0229. The van der Waals surface area contributed by atoms with Crippen molar-refractivity contribution in [2.45, 2.75) is 64.5 Å². The summed E-state index contributed by atoms with van der Waals surface area (Å²) in [5.74, 6) is 0.0162. The number of carbonyl (C=O) groups is 2. The first-order valence-electron chi connectivity index (χ1n) is 7.18. The predicted octanol–water partition coefficient (Wildman–Crippen LogP) is 0.940. The van der Waals surface area contributed by atoms with E-state index in [1.807, 2.05) is 20.8 Å². The lowest BCUT2D eigenvalue weighted by Gasteiger charge is -2.20. The summed E-state index contributed by atoms with van der Waals surface area (Å²) in [5.41, 5.74) is -0.213. The molecule has 5 heteroatoms. The highest BCUT2D eigenvalue weighted by atomic mass is 16.2. The predicted molar refractivity (Wildman–Crippen MR) is 75.8 cm³/mol. The Morgan fingerprint density at radius 2 is 1.95 bits per heavy atom. The largest absolute Gasteiger partial charge is 0.356 e. The fraction of sp³-hybridized carbons (Fsp3) is 0.857. The molecule has 1 unspecified atom stereocenters. The maximum Gasteiger partial charge on any atom is 0.222 e. The van der Waals surface area contributed by atoms with E-state index in [1.165, 1.54) is 12.8 Å². The number of rotatable bonds is 6. The van der Waals surface area contributed by atoms with Crippen molar-refractivity contribution in [1.29, 1.82) is 0 Å². The van der Waals surface area contributed by atoms with Crippen molar-refractivity contribution < 1.29 is 9.59 Å². The van der Waals surface area contributed by atoms with Crippen molar-refractivity contribution in [3.8, 4) is 0 Å². The molecule has 5 nitrogen and oxygen atoms in total. The van der Waals surface area contributed by atoms with Gasteiger partial charge in [0.05, 0.1) is 0 Å². The zero-order chi connectivity index (χ0) is 14.3. The summed E-state index contributed by atoms with van der Waals surface area (Å²) in [7, 11) is 0. The van der Waals surface area contributed by atoms with Crippen molar-refractivity contribution in [3.05, 3.63) is 0 Å². The van der Waals surface area contributed by atoms with Crippen LogP contribution in [0.4, 0.5) is 0 Å². The zero-order valence-corrected chi connectivity index (χ0v) is 12.3. The lowest BCUT2D eigenvalue weighted by atomic mass is 10.1. The molecule has 0 aromatic carbocycles. The fourth-order valence-corrected chi connectivity index (χ4v) is 2.19. The number of hydrogen-bond acceptors (Lipinski definition) is 3. The number of amides is 2. The first kappa shape index (κ1) is 16.0. The monoisotopic (exact) mass is 269 g/mol. The van der Waals surface area contributed by atoms with Gasteiger partial charge in [0.2, 0.25) is 11.8 Å². The maximum absolute atomic E-state index is 11.6. The van der Waals surface area contributed by atoms with Crippen LogP contribution in [0.15, 0.2) is 0 Å². The summed E-state index contributed by atoms with van der Waals surface area (Å²) >= 11 is 0. The SMILES string of the molecule is CC(C)(C)NC(=O)CCNC(=O)CCC1CCCN1. The van der Waals surface area contributed by atoms with E-state index in [0.717, 1.165) is 13.0 Å². The van der Waals surface area contributed by atoms with E-state index >= 15 is 0 Å². The van der Waals surface area contributed by atoms with E-state index in [2.05, 4.69) is 16.0 Å². The van der Waals surface area contributed by atoms with Crippen LogP contribution in [-0.4, -0.2) is 36.5 Å². The Morgan fingerprint density at radius 1 is 1.21 bits per heavy atom. The minimum atomic E-state index is -0.213. The standard InChI is InChI=1S/C14H27N3O2/c1-14(2,3)17-13(19)8-10-16-12(18)7-6-11-5-4-9-15-11/h11,15H,4-10H2,1-3H3,(H,16,18)(H,17,19). The second-order valence-corrected chi connectivity index (χ2v) is 6.23. The maximum atomic E-state index is 11.6. The summed E-state index contributed by atoms with van der Waals surface area (Å²) in [6.07, 6.45) is 4.14. The quantitative estimate of drug-likeness (QED) is 0.672. The van der Waals surface area contributed by atoms with Gasteiger partial charge in [0.25, 0.3) is 0 Å². The highest BCUT2D eigenvalue weighted by Gasteiger charge is 2.16. The van der Waals surface area contributed by atoms with E-state index in [0.29, 0.717) is 25.4 Å². The highest BCUT2D eigenvalue weighted by molar-refractivity contribution is 5.79. The van der Waals surface area contributed by atoms with Gasteiger partial charge in [0, 0.05) is 31.0 Å². The fourth-order valence-electron chi connectivity index (χ4n) is 2.19. The van der Waals surface area contributed by atoms with Crippen LogP contribution < -0.4 is 16.0 Å². The van der Waals surface area contributed by atoms with Gasteiger partial charge < -0.3 is 16.0 Å². The molecule has 3 N–H and O–H groups in total. The number of carbonyl (C=O) groups excluding carboxylic acids is 2. The third kappa shape index (κ3) is 7.82. The molecule has 1 atom stereocenters. The van der Waals surface area contributed by atoms with Crippen molar-refractivity contribution in [2.24, 2.45) is 0 Å². The van der Waals surface area contributed by atoms with Crippen LogP contribution in [0.25, 0.3) is 0 Å². The van der Waals surface area contributed by atoms with Gasteiger partial charge in [-0.15, -0.1) is 0 Å². The van der Waals surface area contributed by atoms with Gasteiger partial charge in [-0.2, -0.15) is 0 Å². The van der Waals surface area contributed by atoms with Crippen LogP contribution in [0, 0.1) is 0 Å². The van der Waals surface area contributed by atoms with Crippen molar-refractivity contribution >= 4 is 11.8 Å². The average Bonchev–Trinajstić information content (AvgIpc) is 2.76. The molecule has 1 aliphatic rings. The van der Waals surface area contributed by atoms with Gasteiger partial charge in [-0.05, 0) is 46.6 Å². The molecule has 0 bridgehead atoms. The smallest absolute Gasteiger partial charge is 0.222 e. The topological polar surface area (TPSA) is 70.2 Å². The first-order valence-corrected chi connectivity index (χ1v) is 7.18. The Kier molecular flexibility index (Phi) is 6.28. The van der Waals surface area contributed by atoms with Gasteiger partial charge in [-0.25, -0.2) is 0 Å². The molecule has 0 saturated carbocycles. The number of hydrogen-bond donors (Lipinski definition) is 3. The molecule has 0 radical (unpaired) electrons. The van der Waals surface area contributed by atoms with Gasteiger partial charge in [-0.1, -0.05) is 0 Å². The molecule has 0 aromatic rings. The summed E-state index contributed by atoms with van der Waals surface area (Å²) < 4.78 is 0. The van der Waals surface area contributed by atoms with Crippen LogP contribution in [0.2, 0.25) is 0 Å². The Hall–Kier alpha value is -1.10. The normalized spacial score (nSPS) is 19.2. The molecule has 0 aliphatic carbocycles. The molecule has 0 spiro atoms. The molecule has 1 heterocycles. The zero-order valence-electron chi connectivity index (χ0n) is 12.3. The van der Waals surface area contributed by atoms with E-state index in [1.54, 1.807) is 0 Å². The Morgan fingerprint density at radius 3 is 2.53 bits per heavy atom. The third-order valence-corrected chi connectivity index (χ3v) is 3.07. The van der Waals surface area contributed by atoms with Gasteiger partial charge in [-0.3, -0.25) is 9.59 Å². The third-order valence-electron chi connectivity index (χ3n) is 3.07. The van der Waals surface area contributed by atoms with Crippen molar-refractivity contribution in [3.63, 3.8) is 0 Å². The molecule has 2 amide bonds. The average molecular weight is 269 g/mol. The van der Waals surface area contributed by atoms with Crippen LogP contribution in [0.1, 0.15) is 52.9 Å². The molecule has 110 valence electrons. The van der Waals surface area contributed by atoms with Crippen LogP contribution in [-0.2, 0) is 9.59 Å².